The third-order valence-corrected chi connectivity index (χ3v) is 6.35. The van der Waals surface area contributed by atoms with Crippen molar-refractivity contribution < 1.29 is 19.0 Å². The number of aliphatic carboxylic acids is 1. The molecule has 4 aromatic rings. The molecule has 164 valence electrons. The summed E-state index contributed by atoms with van der Waals surface area (Å²) in [5.74, 6) is -0.302. The van der Waals surface area contributed by atoms with Crippen LogP contribution in [0.5, 0.6) is 5.75 Å². The predicted molar refractivity (Wildman–Crippen MR) is 125 cm³/mol. The topological polar surface area (TPSA) is 62.7 Å². The van der Waals surface area contributed by atoms with Gasteiger partial charge in [-0.25, -0.2) is 9.37 Å². The number of ether oxygens (including phenoxy) is 1. The van der Waals surface area contributed by atoms with Crippen LogP contribution in [0.1, 0.15) is 16.7 Å². The maximum absolute atomic E-state index is 14.3. The number of carboxylic acids is 1. The van der Waals surface area contributed by atoms with E-state index in [1.165, 1.54) is 23.0 Å². The van der Waals surface area contributed by atoms with Crippen molar-refractivity contribution in [1.29, 1.82) is 0 Å². The van der Waals surface area contributed by atoms with Gasteiger partial charge in [-0.2, -0.15) is 0 Å². The van der Waals surface area contributed by atoms with E-state index in [1.54, 1.807) is 13.2 Å². The second-order valence-corrected chi connectivity index (χ2v) is 8.47. The Kier molecular flexibility index (Phi) is 6.66. The highest BCUT2D eigenvalue weighted by Crippen LogP contribution is 2.31. The largest absolute Gasteiger partial charge is 0.497 e. The van der Waals surface area contributed by atoms with Gasteiger partial charge in [0.05, 0.1) is 23.7 Å². The van der Waals surface area contributed by atoms with Crippen molar-refractivity contribution in [2.24, 2.45) is 0 Å². The highest BCUT2D eigenvalue weighted by Gasteiger charge is 2.15. The Morgan fingerprint density at radius 1 is 1.03 bits per heavy atom. The van der Waals surface area contributed by atoms with Crippen molar-refractivity contribution in [2.75, 3.05) is 18.6 Å². The number of halogens is 1. The molecule has 32 heavy (non-hydrogen) atoms. The van der Waals surface area contributed by atoms with Crippen LogP contribution in [-0.4, -0.2) is 29.7 Å². The number of thiazole rings is 1. The Morgan fingerprint density at radius 3 is 2.38 bits per heavy atom. The van der Waals surface area contributed by atoms with Gasteiger partial charge in [0.1, 0.15) is 11.6 Å². The molecule has 0 saturated heterocycles. The van der Waals surface area contributed by atoms with Gasteiger partial charge in [-0.15, -0.1) is 0 Å². The maximum atomic E-state index is 14.3. The third kappa shape index (κ3) is 5.23. The second-order valence-electron chi connectivity index (χ2n) is 7.49. The molecule has 0 aliphatic carbocycles. The summed E-state index contributed by atoms with van der Waals surface area (Å²) in [5.41, 5.74) is 3.61. The molecule has 1 heterocycles. The molecule has 0 atom stereocenters. The van der Waals surface area contributed by atoms with E-state index >= 15 is 0 Å². The van der Waals surface area contributed by atoms with Crippen molar-refractivity contribution in [3.63, 3.8) is 0 Å². The fraction of sp³-hybridized carbons (Fsp3) is 0.200. The van der Waals surface area contributed by atoms with Crippen LogP contribution in [0, 0.1) is 5.82 Å². The molecule has 1 N–H and O–H groups in total. The number of rotatable bonds is 9. The Labute approximate surface area is 189 Å². The third-order valence-electron chi connectivity index (χ3n) is 5.21. The van der Waals surface area contributed by atoms with Crippen LogP contribution in [-0.2, 0) is 24.2 Å². The fourth-order valence-corrected chi connectivity index (χ4v) is 4.49. The Hall–Kier alpha value is -3.45. The van der Waals surface area contributed by atoms with Gasteiger partial charge < -0.3 is 14.7 Å². The van der Waals surface area contributed by atoms with Crippen LogP contribution in [0.4, 0.5) is 9.52 Å². The first-order valence-electron chi connectivity index (χ1n) is 10.2. The summed E-state index contributed by atoms with van der Waals surface area (Å²) in [6, 6.07) is 20.4. The highest BCUT2D eigenvalue weighted by molar-refractivity contribution is 7.22. The quantitative estimate of drug-likeness (QED) is 0.374. The van der Waals surface area contributed by atoms with Crippen LogP contribution in [0.2, 0.25) is 0 Å². The minimum absolute atomic E-state index is 0.00138. The molecule has 5 nitrogen and oxygen atoms in total. The summed E-state index contributed by atoms with van der Waals surface area (Å²) in [6.07, 6.45) is 0.790. The molecule has 0 saturated carbocycles. The molecular formula is C25H23FN2O3S. The lowest BCUT2D eigenvalue weighted by atomic mass is 10.1. The van der Waals surface area contributed by atoms with Gasteiger partial charge in [0.25, 0.3) is 0 Å². The summed E-state index contributed by atoms with van der Waals surface area (Å²) in [6.45, 7) is 1.29. The molecule has 0 bridgehead atoms. The van der Waals surface area contributed by atoms with Crippen LogP contribution < -0.4 is 9.64 Å². The Morgan fingerprint density at radius 2 is 1.72 bits per heavy atom. The maximum Gasteiger partial charge on any atom is 0.307 e. The normalized spacial score (nSPS) is 10.9. The molecule has 0 aliphatic heterocycles. The van der Waals surface area contributed by atoms with Crippen LogP contribution in [0.15, 0.2) is 66.7 Å². The zero-order valence-corrected chi connectivity index (χ0v) is 18.4. The first kappa shape index (κ1) is 21.8. The molecule has 0 radical (unpaired) electrons. The number of nitrogens with zero attached hydrogens (tertiary/aromatic N) is 2. The van der Waals surface area contributed by atoms with Crippen molar-refractivity contribution >= 4 is 32.7 Å². The number of hydrogen-bond donors (Lipinski definition) is 1. The molecule has 0 amide bonds. The van der Waals surface area contributed by atoms with Crippen LogP contribution in [0.25, 0.3) is 10.2 Å². The fourth-order valence-electron chi connectivity index (χ4n) is 3.50. The summed E-state index contributed by atoms with van der Waals surface area (Å²) in [4.78, 5) is 17.7. The van der Waals surface area contributed by atoms with Crippen molar-refractivity contribution in [1.82, 2.24) is 4.98 Å². The highest BCUT2D eigenvalue weighted by atomic mass is 32.1. The lowest BCUT2D eigenvalue weighted by Crippen LogP contribution is -2.25. The van der Waals surface area contributed by atoms with E-state index in [0.717, 1.165) is 28.4 Å². The average molecular weight is 451 g/mol. The molecular weight excluding hydrogens is 427 g/mol. The lowest BCUT2D eigenvalue weighted by molar-refractivity contribution is -0.136. The SMILES string of the molecule is COc1ccc(CCN(Cc2ccc(CC(=O)O)cc2)c2nc3cccc(F)c3s2)cc1. The number of benzene rings is 3. The van der Waals surface area contributed by atoms with Crippen LogP contribution in [0.3, 0.4) is 0 Å². The standard InChI is InChI=1S/C25H23FN2O3S/c1-31-20-11-9-17(10-12-20)13-14-28(16-19-7-5-18(6-8-19)15-23(29)30)25-27-22-4-2-3-21(26)24(22)32-25/h2-12H,13-16H2,1H3,(H,29,30). The molecule has 0 fully saturated rings. The van der Waals surface area contributed by atoms with E-state index in [1.807, 2.05) is 54.6 Å². The van der Waals surface area contributed by atoms with Gasteiger partial charge in [-0.3, -0.25) is 4.79 Å². The molecule has 0 unspecified atom stereocenters. The Bertz CT molecular complexity index is 1210. The predicted octanol–water partition coefficient (Wildman–Crippen LogP) is 5.32. The van der Waals surface area contributed by atoms with Gasteiger partial charge in [-0.05, 0) is 47.4 Å². The van der Waals surface area contributed by atoms with E-state index in [-0.39, 0.29) is 12.2 Å². The summed E-state index contributed by atoms with van der Waals surface area (Å²) < 4.78 is 20.0. The van der Waals surface area contributed by atoms with E-state index in [0.29, 0.717) is 23.3 Å². The average Bonchev–Trinajstić information content (AvgIpc) is 3.23. The first-order chi connectivity index (χ1) is 15.5. The lowest BCUT2D eigenvalue weighted by Gasteiger charge is -2.22. The molecule has 0 aliphatic rings. The Balaban J connectivity index is 1.57. The van der Waals surface area contributed by atoms with E-state index in [9.17, 15) is 9.18 Å². The monoisotopic (exact) mass is 450 g/mol. The second kappa shape index (κ2) is 9.78. The number of aromatic nitrogens is 1. The summed E-state index contributed by atoms with van der Waals surface area (Å²) in [7, 11) is 1.64. The van der Waals surface area contributed by atoms with Crippen molar-refractivity contribution in [2.45, 2.75) is 19.4 Å². The van der Waals surface area contributed by atoms with Gasteiger partial charge >= 0.3 is 5.97 Å². The number of carbonyl (C=O) groups is 1. The first-order valence-corrected chi connectivity index (χ1v) is 11.1. The molecule has 1 aromatic heterocycles. The molecule has 3 aromatic carbocycles. The molecule has 0 spiro atoms. The number of hydrogen-bond acceptors (Lipinski definition) is 5. The summed E-state index contributed by atoms with van der Waals surface area (Å²) >= 11 is 1.35. The van der Waals surface area contributed by atoms with E-state index < -0.39 is 5.97 Å². The molecule has 4 rings (SSSR count). The smallest absolute Gasteiger partial charge is 0.307 e. The molecule has 7 heteroatoms. The van der Waals surface area contributed by atoms with E-state index in [2.05, 4.69) is 9.88 Å². The van der Waals surface area contributed by atoms with Crippen LogP contribution >= 0.6 is 11.3 Å². The van der Waals surface area contributed by atoms with Crippen molar-refractivity contribution in [3.8, 4) is 5.75 Å². The van der Waals surface area contributed by atoms with E-state index in [4.69, 9.17) is 9.84 Å². The number of methoxy groups -OCH3 is 1. The van der Waals surface area contributed by atoms with Gasteiger partial charge in [0.2, 0.25) is 0 Å². The minimum atomic E-state index is -0.852. The number of anilines is 1. The zero-order chi connectivity index (χ0) is 22.5. The zero-order valence-electron chi connectivity index (χ0n) is 17.6. The van der Waals surface area contributed by atoms with Gasteiger partial charge in [0.15, 0.2) is 5.13 Å². The summed E-state index contributed by atoms with van der Waals surface area (Å²) in [5, 5.41) is 9.74. The van der Waals surface area contributed by atoms with Crippen molar-refractivity contribution in [3.05, 3.63) is 89.2 Å². The number of carboxylic acid groups (broad SMARTS) is 1. The van der Waals surface area contributed by atoms with Gasteiger partial charge in [0, 0.05) is 13.1 Å². The minimum Gasteiger partial charge on any atom is -0.497 e. The number of fused-ring (bicyclic) bond motifs is 1. The van der Waals surface area contributed by atoms with Gasteiger partial charge in [-0.1, -0.05) is 53.8 Å².